The van der Waals surface area contributed by atoms with Gasteiger partial charge in [-0.3, -0.25) is 19.8 Å². The van der Waals surface area contributed by atoms with Crippen LogP contribution in [-0.2, 0) is 16.6 Å². The summed E-state index contributed by atoms with van der Waals surface area (Å²) in [5.41, 5.74) is 1.43. The summed E-state index contributed by atoms with van der Waals surface area (Å²) in [6.07, 6.45) is 0. The fraction of sp³-hybridized carbons (Fsp3) is 0.435. The number of nitro benzene ring substituents is 1. The fourth-order valence-corrected chi connectivity index (χ4v) is 5.33. The maximum atomic E-state index is 12.9. The number of hydrogen-bond acceptors (Lipinski definition) is 6. The lowest BCUT2D eigenvalue weighted by molar-refractivity contribution is -0.385. The van der Waals surface area contributed by atoms with Crippen LogP contribution in [0.15, 0.2) is 53.4 Å². The second-order valence-electron chi connectivity index (χ2n) is 8.30. The van der Waals surface area contributed by atoms with Crippen LogP contribution in [0.25, 0.3) is 0 Å². The van der Waals surface area contributed by atoms with Crippen LogP contribution in [0.1, 0.15) is 36.7 Å². The molecule has 0 saturated carbocycles. The molecule has 9 nitrogen and oxygen atoms in total. The van der Waals surface area contributed by atoms with Crippen LogP contribution in [0.5, 0.6) is 0 Å². The highest BCUT2D eigenvalue weighted by atomic mass is 32.2. The van der Waals surface area contributed by atoms with Crippen molar-refractivity contribution >= 4 is 21.6 Å². The van der Waals surface area contributed by atoms with Gasteiger partial charge in [-0.25, -0.2) is 8.42 Å². The largest absolute Gasteiger partial charge is 0.336 e. The Bertz CT molecular complexity index is 1090. The number of carbonyl (C=O) groups excluding carboxylic acids is 1. The minimum absolute atomic E-state index is 0.116. The Hall–Kier alpha value is -2.82. The van der Waals surface area contributed by atoms with Crippen molar-refractivity contribution in [2.24, 2.45) is 0 Å². The summed E-state index contributed by atoms with van der Waals surface area (Å²) in [7, 11) is -3.87. The average Bonchev–Trinajstić information content (AvgIpc) is 2.82. The molecule has 0 N–H and O–H groups in total. The summed E-state index contributed by atoms with van der Waals surface area (Å²) in [5.74, 6) is -0.134. The van der Waals surface area contributed by atoms with Gasteiger partial charge in [-0.15, -0.1) is 0 Å². The predicted molar refractivity (Wildman–Crippen MR) is 125 cm³/mol. The van der Waals surface area contributed by atoms with Crippen molar-refractivity contribution in [1.82, 2.24) is 14.1 Å². The van der Waals surface area contributed by atoms with Crippen LogP contribution in [0.2, 0.25) is 0 Å². The second kappa shape index (κ2) is 10.4. The molecule has 178 valence electrons. The minimum Gasteiger partial charge on any atom is -0.336 e. The van der Waals surface area contributed by atoms with Crippen molar-refractivity contribution in [2.75, 3.05) is 32.7 Å². The lowest BCUT2D eigenvalue weighted by Gasteiger charge is -2.34. The van der Waals surface area contributed by atoms with Gasteiger partial charge in [0, 0.05) is 56.5 Å². The van der Waals surface area contributed by atoms with E-state index in [-0.39, 0.29) is 42.7 Å². The Balaban J connectivity index is 1.63. The molecule has 1 fully saturated rings. The normalized spacial score (nSPS) is 15.2. The number of rotatable bonds is 8. The number of benzene rings is 2. The van der Waals surface area contributed by atoms with Crippen LogP contribution >= 0.6 is 0 Å². The third-order valence-corrected chi connectivity index (χ3v) is 7.81. The van der Waals surface area contributed by atoms with E-state index in [1.165, 1.54) is 22.5 Å². The van der Waals surface area contributed by atoms with Gasteiger partial charge in [0.05, 0.1) is 9.82 Å². The van der Waals surface area contributed by atoms with E-state index in [0.29, 0.717) is 11.6 Å². The second-order valence-corrected chi connectivity index (χ2v) is 10.2. The fourth-order valence-electron chi connectivity index (χ4n) is 3.87. The Morgan fingerprint density at radius 1 is 1.09 bits per heavy atom. The molecule has 1 amide bonds. The number of hydrogen-bond donors (Lipinski definition) is 0. The van der Waals surface area contributed by atoms with Crippen molar-refractivity contribution < 1.29 is 18.1 Å². The number of piperazine rings is 1. The van der Waals surface area contributed by atoms with E-state index in [2.05, 4.69) is 25.7 Å². The molecule has 10 heteroatoms. The molecule has 1 saturated heterocycles. The molecule has 0 radical (unpaired) electrons. The molecular formula is C23H30N4O5S. The first-order valence-corrected chi connectivity index (χ1v) is 12.4. The predicted octanol–water partition coefficient (Wildman–Crippen LogP) is 2.97. The first kappa shape index (κ1) is 24.8. The molecule has 2 aromatic rings. The first-order chi connectivity index (χ1) is 15.6. The molecule has 33 heavy (non-hydrogen) atoms. The lowest BCUT2D eigenvalue weighted by atomic mass is 10.1. The van der Waals surface area contributed by atoms with E-state index in [0.717, 1.165) is 24.7 Å². The topological polar surface area (TPSA) is 104 Å². The average molecular weight is 475 g/mol. The molecule has 0 bridgehead atoms. The molecule has 0 unspecified atom stereocenters. The zero-order valence-corrected chi connectivity index (χ0v) is 20.0. The zero-order valence-electron chi connectivity index (χ0n) is 19.2. The van der Waals surface area contributed by atoms with Gasteiger partial charge in [0.25, 0.3) is 11.6 Å². The molecule has 0 spiro atoms. The summed E-state index contributed by atoms with van der Waals surface area (Å²) in [5, 5.41) is 11.0. The van der Waals surface area contributed by atoms with Crippen LogP contribution in [0, 0.1) is 10.1 Å². The molecule has 0 atom stereocenters. The Labute approximate surface area is 194 Å². The van der Waals surface area contributed by atoms with Crippen LogP contribution in [-0.4, -0.2) is 72.1 Å². The number of sulfonamides is 1. The molecule has 1 heterocycles. The van der Waals surface area contributed by atoms with Gasteiger partial charge in [-0.1, -0.05) is 25.1 Å². The number of amides is 1. The first-order valence-electron chi connectivity index (χ1n) is 11.0. The van der Waals surface area contributed by atoms with Crippen molar-refractivity contribution in [3.05, 3.63) is 69.8 Å². The Kier molecular flexibility index (Phi) is 7.83. The van der Waals surface area contributed by atoms with E-state index in [4.69, 9.17) is 0 Å². The van der Waals surface area contributed by atoms with Gasteiger partial charge >= 0.3 is 0 Å². The van der Waals surface area contributed by atoms with E-state index in [1.807, 2.05) is 24.3 Å². The van der Waals surface area contributed by atoms with Crippen LogP contribution < -0.4 is 0 Å². The van der Waals surface area contributed by atoms with E-state index >= 15 is 0 Å². The monoisotopic (exact) mass is 474 g/mol. The maximum Gasteiger partial charge on any atom is 0.270 e. The highest BCUT2D eigenvalue weighted by Crippen LogP contribution is 2.22. The lowest BCUT2D eigenvalue weighted by Crippen LogP contribution is -2.50. The number of nitro groups is 1. The summed E-state index contributed by atoms with van der Waals surface area (Å²) < 4.78 is 27.1. The van der Waals surface area contributed by atoms with Crippen molar-refractivity contribution in [2.45, 2.75) is 38.3 Å². The third-order valence-electron chi connectivity index (χ3n) is 5.92. The summed E-state index contributed by atoms with van der Waals surface area (Å²) >= 11 is 0. The summed E-state index contributed by atoms with van der Waals surface area (Å²) in [6, 6.07) is 13.0. The SMILES string of the molecule is CCN(Cc1ccc(C(=O)N2CCN(S(=O)(=O)c3cccc([N+](=O)[O-])c3)CC2)cc1)C(C)C. The Morgan fingerprint density at radius 3 is 2.27 bits per heavy atom. The number of nitrogens with zero attached hydrogens (tertiary/aromatic N) is 4. The smallest absolute Gasteiger partial charge is 0.270 e. The van der Waals surface area contributed by atoms with E-state index in [1.54, 1.807) is 4.90 Å². The third kappa shape index (κ3) is 5.76. The molecule has 2 aromatic carbocycles. The molecule has 3 rings (SSSR count). The standard InChI is InChI=1S/C23H30N4O5S/c1-4-24(18(2)3)17-19-8-10-20(11-9-19)23(28)25-12-14-26(15-13-25)33(31,32)22-7-5-6-21(16-22)27(29)30/h5-11,16,18H,4,12-15,17H2,1-3H3. The molecule has 0 aliphatic carbocycles. The van der Waals surface area contributed by atoms with E-state index in [9.17, 15) is 23.3 Å². The zero-order chi connectivity index (χ0) is 24.2. The number of carbonyl (C=O) groups is 1. The van der Waals surface area contributed by atoms with Crippen LogP contribution in [0.4, 0.5) is 5.69 Å². The molecular weight excluding hydrogens is 444 g/mol. The van der Waals surface area contributed by atoms with Gasteiger partial charge in [-0.2, -0.15) is 4.31 Å². The molecule has 1 aliphatic rings. The highest BCUT2D eigenvalue weighted by Gasteiger charge is 2.31. The maximum absolute atomic E-state index is 12.9. The quantitative estimate of drug-likeness (QED) is 0.430. The number of non-ortho nitro benzene ring substituents is 1. The molecule has 0 aromatic heterocycles. The minimum atomic E-state index is -3.87. The molecule has 1 aliphatic heterocycles. The van der Waals surface area contributed by atoms with Crippen molar-refractivity contribution in [1.29, 1.82) is 0 Å². The van der Waals surface area contributed by atoms with Gasteiger partial charge in [0.2, 0.25) is 10.0 Å². The van der Waals surface area contributed by atoms with E-state index < -0.39 is 14.9 Å². The van der Waals surface area contributed by atoms with Crippen LogP contribution in [0.3, 0.4) is 0 Å². The van der Waals surface area contributed by atoms with Crippen molar-refractivity contribution in [3.8, 4) is 0 Å². The van der Waals surface area contributed by atoms with Crippen molar-refractivity contribution in [3.63, 3.8) is 0 Å². The van der Waals surface area contributed by atoms with Gasteiger partial charge in [0.15, 0.2) is 0 Å². The highest BCUT2D eigenvalue weighted by molar-refractivity contribution is 7.89. The summed E-state index contributed by atoms with van der Waals surface area (Å²) in [6.45, 7) is 8.97. The van der Waals surface area contributed by atoms with Gasteiger partial charge < -0.3 is 4.90 Å². The summed E-state index contributed by atoms with van der Waals surface area (Å²) in [4.78, 5) is 27.1. The van der Waals surface area contributed by atoms with Gasteiger partial charge in [-0.05, 0) is 44.2 Å². The Morgan fingerprint density at radius 2 is 1.73 bits per heavy atom. The van der Waals surface area contributed by atoms with Gasteiger partial charge in [0.1, 0.15) is 0 Å².